The molecule has 1 amide bonds. The molecule has 1 aromatic heterocycles. The van der Waals surface area contributed by atoms with Crippen LogP contribution >= 0.6 is 11.3 Å². The number of hydrogen-bond donors (Lipinski definition) is 1. The monoisotopic (exact) mass is 323 g/mol. The average Bonchev–Trinajstić information content (AvgIpc) is 2.92. The van der Waals surface area contributed by atoms with Crippen molar-refractivity contribution >= 4 is 23.2 Å². The minimum absolute atomic E-state index is 0.153. The van der Waals surface area contributed by atoms with Gasteiger partial charge in [-0.2, -0.15) is 0 Å². The molecule has 1 N–H and O–H groups in total. The third kappa shape index (κ3) is 4.69. The molecule has 2 heterocycles. The van der Waals surface area contributed by atoms with Crippen molar-refractivity contribution in [3.8, 4) is 0 Å². The number of aliphatic imine (C=N–C) groups is 1. The molecular weight excluding hydrogens is 298 g/mol. The zero-order valence-electron chi connectivity index (χ0n) is 13.6. The Morgan fingerprint density at radius 2 is 2.05 bits per heavy atom. The topological polar surface area (TPSA) is 60.8 Å². The third-order valence-electron chi connectivity index (χ3n) is 3.66. The van der Waals surface area contributed by atoms with Crippen molar-refractivity contribution in [1.82, 2.24) is 20.1 Å². The van der Waals surface area contributed by atoms with Crippen LogP contribution in [-0.4, -0.2) is 65.9 Å². The molecule has 0 aromatic carbocycles. The standard InChI is InChI=1S/C15H25N5OS/c1-4-16-15(17-6-5-14-11-22-12(2)18-14)20-9-7-19(8-10-20)13(3)21/h11H,4-10H2,1-3H3,(H,16,17). The van der Waals surface area contributed by atoms with E-state index in [-0.39, 0.29) is 5.91 Å². The second-order valence-corrected chi connectivity index (χ2v) is 6.40. The van der Waals surface area contributed by atoms with E-state index in [1.807, 2.05) is 11.8 Å². The molecule has 1 aliphatic rings. The van der Waals surface area contributed by atoms with E-state index < -0.39 is 0 Å². The maximum Gasteiger partial charge on any atom is 0.219 e. The lowest BCUT2D eigenvalue weighted by atomic mass is 10.3. The molecule has 6 nitrogen and oxygen atoms in total. The van der Waals surface area contributed by atoms with Crippen molar-refractivity contribution in [2.45, 2.75) is 27.2 Å². The molecule has 0 saturated carbocycles. The second-order valence-electron chi connectivity index (χ2n) is 5.34. The van der Waals surface area contributed by atoms with Gasteiger partial charge in [-0.1, -0.05) is 0 Å². The van der Waals surface area contributed by atoms with Gasteiger partial charge in [-0.15, -0.1) is 11.3 Å². The summed E-state index contributed by atoms with van der Waals surface area (Å²) in [6.45, 7) is 10.5. The first kappa shape index (κ1) is 16.7. The molecule has 0 bridgehead atoms. The number of carbonyl (C=O) groups excluding carboxylic acids is 1. The largest absolute Gasteiger partial charge is 0.357 e. The first-order valence-corrected chi connectivity index (χ1v) is 8.68. The lowest BCUT2D eigenvalue weighted by Crippen LogP contribution is -2.53. The molecule has 2 rings (SSSR count). The van der Waals surface area contributed by atoms with Crippen LogP contribution in [0.5, 0.6) is 0 Å². The molecule has 1 fully saturated rings. The number of nitrogens with zero attached hydrogens (tertiary/aromatic N) is 4. The lowest BCUT2D eigenvalue weighted by Gasteiger charge is -2.36. The maximum atomic E-state index is 11.4. The van der Waals surface area contributed by atoms with E-state index in [1.165, 1.54) is 0 Å². The smallest absolute Gasteiger partial charge is 0.219 e. The molecule has 0 unspecified atom stereocenters. The van der Waals surface area contributed by atoms with Gasteiger partial charge in [0.2, 0.25) is 5.91 Å². The summed E-state index contributed by atoms with van der Waals surface area (Å²) in [5, 5.41) is 6.55. The van der Waals surface area contributed by atoms with E-state index in [2.05, 4.69) is 27.5 Å². The normalized spacial score (nSPS) is 16.0. The number of aromatic nitrogens is 1. The molecule has 0 radical (unpaired) electrons. The SMILES string of the molecule is CCNC(=NCCc1csc(C)n1)N1CCN(C(C)=O)CC1. The van der Waals surface area contributed by atoms with Gasteiger partial charge in [-0.05, 0) is 13.8 Å². The molecule has 0 atom stereocenters. The third-order valence-corrected chi connectivity index (χ3v) is 4.48. The molecule has 1 aromatic rings. The van der Waals surface area contributed by atoms with Crippen LogP contribution in [0, 0.1) is 6.92 Å². The van der Waals surface area contributed by atoms with Crippen LogP contribution in [0.4, 0.5) is 0 Å². The molecule has 1 aliphatic heterocycles. The van der Waals surface area contributed by atoms with Crippen LogP contribution in [0.1, 0.15) is 24.5 Å². The fourth-order valence-corrected chi connectivity index (χ4v) is 3.11. The Bertz CT molecular complexity index is 520. The summed E-state index contributed by atoms with van der Waals surface area (Å²) >= 11 is 1.68. The van der Waals surface area contributed by atoms with Crippen LogP contribution < -0.4 is 5.32 Å². The minimum Gasteiger partial charge on any atom is -0.357 e. The summed E-state index contributed by atoms with van der Waals surface area (Å²) < 4.78 is 0. The highest BCUT2D eigenvalue weighted by Crippen LogP contribution is 2.08. The van der Waals surface area contributed by atoms with Crippen molar-refractivity contribution < 1.29 is 4.79 Å². The second kappa shape index (κ2) is 8.12. The van der Waals surface area contributed by atoms with Crippen molar-refractivity contribution in [1.29, 1.82) is 0 Å². The van der Waals surface area contributed by atoms with Crippen molar-refractivity contribution in [2.24, 2.45) is 4.99 Å². The van der Waals surface area contributed by atoms with Gasteiger partial charge in [-0.3, -0.25) is 9.79 Å². The number of piperazine rings is 1. The Labute approximate surface area is 136 Å². The molecule has 1 saturated heterocycles. The predicted octanol–water partition coefficient (Wildman–Crippen LogP) is 1.12. The Balaban J connectivity index is 1.88. The Morgan fingerprint density at radius 3 is 2.59 bits per heavy atom. The van der Waals surface area contributed by atoms with Crippen LogP contribution in [-0.2, 0) is 11.2 Å². The summed E-state index contributed by atoms with van der Waals surface area (Å²) in [4.78, 5) is 24.7. The Kier molecular flexibility index (Phi) is 6.18. The van der Waals surface area contributed by atoms with Crippen molar-refractivity contribution in [3.05, 3.63) is 16.1 Å². The van der Waals surface area contributed by atoms with Gasteiger partial charge in [0, 0.05) is 58.0 Å². The summed E-state index contributed by atoms with van der Waals surface area (Å²) in [6.07, 6.45) is 0.868. The predicted molar refractivity (Wildman–Crippen MR) is 90.4 cm³/mol. The van der Waals surface area contributed by atoms with Gasteiger partial charge in [0.1, 0.15) is 0 Å². The van der Waals surface area contributed by atoms with Gasteiger partial charge in [0.05, 0.1) is 10.7 Å². The van der Waals surface area contributed by atoms with Crippen LogP contribution in [0.25, 0.3) is 0 Å². The highest BCUT2D eigenvalue weighted by atomic mass is 32.1. The summed E-state index contributed by atoms with van der Waals surface area (Å²) in [6, 6.07) is 0. The van der Waals surface area contributed by atoms with E-state index in [4.69, 9.17) is 4.99 Å². The van der Waals surface area contributed by atoms with E-state index >= 15 is 0 Å². The first-order chi connectivity index (χ1) is 10.6. The number of nitrogens with one attached hydrogen (secondary N) is 1. The highest BCUT2D eigenvalue weighted by Gasteiger charge is 2.20. The van der Waals surface area contributed by atoms with E-state index in [1.54, 1.807) is 18.3 Å². The zero-order chi connectivity index (χ0) is 15.9. The number of thiazole rings is 1. The number of hydrogen-bond acceptors (Lipinski definition) is 4. The molecule has 0 aliphatic carbocycles. The first-order valence-electron chi connectivity index (χ1n) is 7.80. The molecule has 22 heavy (non-hydrogen) atoms. The van der Waals surface area contributed by atoms with Crippen molar-refractivity contribution in [3.63, 3.8) is 0 Å². The maximum absolute atomic E-state index is 11.4. The van der Waals surface area contributed by atoms with Crippen LogP contribution in [0.15, 0.2) is 10.4 Å². The molecule has 122 valence electrons. The van der Waals surface area contributed by atoms with E-state index in [0.29, 0.717) is 0 Å². The number of amides is 1. The van der Waals surface area contributed by atoms with Gasteiger partial charge in [0.15, 0.2) is 5.96 Å². The summed E-state index contributed by atoms with van der Waals surface area (Å²) in [5.41, 5.74) is 1.11. The number of carbonyl (C=O) groups is 1. The molecule has 7 heteroatoms. The summed E-state index contributed by atoms with van der Waals surface area (Å²) in [5.74, 6) is 1.10. The molecule has 0 spiro atoms. The fourth-order valence-electron chi connectivity index (χ4n) is 2.46. The van der Waals surface area contributed by atoms with Gasteiger partial charge in [0.25, 0.3) is 0 Å². The Hall–Kier alpha value is -1.63. The minimum atomic E-state index is 0.153. The quantitative estimate of drug-likeness (QED) is 0.666. The number of guanidine groups is 1. The van der Waals surface area contributed by atoms with Crippen molar-refractivity contribution in [2.75, 3.05) is 39.3 Å². The lowest BCUT2D eigenvalue weighted by molar-refractivity contribution is -0.130. The fraction of sp³-hybridized carbons (Fsp3) is 0.667. The Morgan fingerprint density at radius 1 is 1.36 bits per heavy atom. The molecular formula is C15H25N5OS. The number of rotatable bonds is 4. The number of aryl methyl sites for hydroxylation is 1. The highest BCUT2D eigenvalue weighted by molar-refractivity contribution is 7.09. The van der Waals surface area contributed by atoms with E-state index in [9.17, 15) is 4.79 Å². The van der Waals surface area contributed by atoms with E-state index in [0.717, 1.165) is 62.4 Å². The average molecular weight is 323 g/mol. The van der Waals surface area contributed by atoms with Crippen LogP contribution in [0.3, 0.4) is 0 Å². The summed E-state index contributed by atoms with van der Waals surface area (Å²) in [7, 11) is 0. The van der Waals surface area contributed by atoms with Crippen LogP contribution in [0.2, 0.25) is 0 Å². The van der Waals surface area contributed by atoms with Gasteiger partial charge in [-0.25, -0.2) is 4.98 Å². The zero-order valence-corrected chi connectivity index (χ0v) is 14.4. The van der Waals surface area contributed by atoms with Gasteiger partial charge >= 0.3 is 0 Å². The van der Waals surface area contributed by atoms with Gasteiger partial charge < -0.3 is 15.1 Å².